The summed E-state index contributed by atoms with van der Waals surface area (Å²) in [4.78, 5) is 1.10. The molecule has 0 spiro atoms. The van der Waals surface area contributed by atoms with Gasteiger partial charge >= 0.3 is 6.18 Å². The Bertz CT molecular complexity index is 748. The van der Waals surface area contributed by atoms with Crippen LogP contribution in [0.25, 0.3) is 0 Å². The third-order valence-corrected chi connectivity index (χ3v) is 5.19. The monoisotopic (exact) mass is 428 g/mol. The lowest BCUT2D eigenvalue weighted by Crippen LogP contribution is -2.24. The summed E-state index contributed by atoms with van der Waals surface area (Å²) in [6.07, 6.45) is -3.56. The number of ether oxygens (including phenoxy) is 3. The third kappa shape index (κ3) is 7.82. The minimum Gasteiger partial charge on any atom is -0.493 e. The molecule has 0 saturated carbocycles. The molecule has 2 rings (SSSR count). The zero-order valence-electron chi connectivity index (χ0n) is 16.9. The molecule has 0 aliphatic heterocycles. The Balaban J connectivity index is 1.89. The highest BCUT2D eigenvalue weighted by atomic mass is 32.2. The van der Waals surface area contributed by atoms with Gasteiger partial charge in [0, 0.05) is 17.3 Å². The molecule has 0 amide bonds. The van der Waals surface area contributed by atoms with Gasteiger partial charge in [0.05, 0.1) is 12.2 Å². The lowest BCUT2D eigenvalue weighted by atomic mass is 10.2. The molecule has 160 valence electrons. The van der Waals surface area contributed by atoms with Crippen LogP contribution in [-0.2, 0) is 10.9 Å². The van der Waals surface area contributed by atoms with E-state index in [-0.39, 0.29) is 12.7 Å². The number of halogens is 3. The maximum Gasteiger partial charge on any atom is 0.416 e. The molecule has 1 unspecified atom stereocenters. The van der Waals surface area contributed by atoms with E-state index in [1.165, 1.54) is 12.1 Å². The number of hydrogen-bond acceptors (Lipinski definition) is 4. The average Bonchev–Trinajstić information content (AvgIpc) is 2.69. The van der Waals surface area contributed by atoms with Gasteiger partial charge in [-0.3, -0.25) is 0 Å². The highest BCUT2D eigenvalue weighted by molar-refractivity contribution is 7.99. The first kappa shape index (κ1) is 23.4. The summed E-state index contributed by atoms with van der Waals surface area (Å²) in [5, 5.41) is 0. The van der Waals surface area contributed by atoms with Gasteiger partial charge in [-0.1, -0.05) is 6.92 Å². The van der Waals surface area contributed by atoms with Crippen LogP contribution in [0.2, 0.25) is 0 Å². The molecule has 7 heteroatoms. The fraction of sp³-hybridized carbons (Fsp3) is 0.455. The molecular weight excluding hydrogens is 401 g/mol. The van der Waals surface area contributed by atoms with Crippen LogP contribution < -0.4 is 9.47 Å². The van der Waals surface area contributed by atoms with Crippen molar-refractivity contribution in [1.29, 1.82) is 0 Å². The minimum atomic E-state index is -4.35. The molecule has 2 aromatic carbocycles. The maximum absolute atomic E-state index is 12.6. The molecule has 0 saturated heterocycles. The molecule has 0 aromatic heterocycles. The Kier molecular flexibility index (Phi) is 9.17. The van der Waals surface area contributed by atoms with Crippen molar-refractivity contribution >= 4 is 11.8 Å². The van der Waals surface area contributed by atoms with Gasteiger partial charge in [0.2, 0.25) is 0 Å². The molecule has 0 aliphatic carbocycles. The van der Waals surface area contributed by atoms with E-state index < -0.39 is 11.7 Å². The minimum absolute atomic E-state index is 0.177. The fourth-order valence-electron chi connectivity index (χ4n) is 2.58. The summed E-state index contributed by atoms with van der Waals surface area (Å²) in [5.41, 5.74) is 0.390. The summed E-state index contributed by atoms with van der Waals surface area (Å²) in [7, 11) is 0. The van der Waals surface area contributed by atoms with Crippen LogP contribution in [0.3, 0.4) is 0 Å². The quantitative estimate of drug-likeness (QED) is 0.388. The Labute approximate surface area is 174 Å². The van der Waals surface area contributed by atoms with Gasteiger partial charge in [-0.05, 0) is 68.3 Å². The van der Waals surface area contributed by atoms with Gasteiger partial charge in [-0.15, -0.1) is 11.8 Å². The standard InChI is InChI=1S/C22H27F3O3S/c1-4-12-27-21-11-10-20(13-16(21)3)29-15-19(26-5-2)14-28-18-8-6-17(7-9-18)22(23,24)25/h6-11,13,19H,4-5,12,14-15H2,1-3H3. The molecule has 0 N–H and O–H groups in total. The van der Waals surface area contributed by atoms with Crippen molar-refractivity contribution in [2.24, 2.45) is 0 Å². The molecule has 0 aliphatic rings. The van der Waals surface area contributed by atoms with E-state index in [2.05, 4.69) is 13.0 Å². The maximum atomic E-state index is 12.6. The first-order chi connectivity index (χ1) is 13.8. The highest BCUT2D eigenvalue weighted by Crippen LogP contribution is 2.30. The van der Waals surface area contributed by atoms with Crippen molar-refractivity contribution in [2.45, 2.75) is 44.4 Å². The molecule has 0 heterocycles. The predicted octanol–water partition coefficient (Wildman–Crippen LogP) is 6.38. The number of hydrogen-bond donors (Lipinski definition) is 0. The Morgan fingerprint density at radius 1 is 1.00 bits per heavy atom. The van der Waals surface area contributed by atoms with E-state index in [1.807, 2.05) is 26.0 Å². The number of aryl methyl sites for hydroxylation is 1. The zero-order chi connectivity index (χ0) is 21.3. The van der Waals surface area contributed by atoms with Crippen LogP contribution in [0.5, 0.6) is 11.5 Å². The van der Waals surface area contributed by atoms with Crippen molar-refractivity contribution in [3.05, 3.63) is 53.6 Å². The van der Waals surface area contributed by atoms with Gasteiger partial charge in [0.25, 0.3) is 0 Å². The van der Waals surface area contributed by atoms with E-state index in [0.717, 1.165) is 34.8 Å². The fourth-order valence-corrected chi connectivity index (χ4v) is 3.58. The lowest BCUT2D eigenvalue weighted by Gasteiger charge is -2.18. The van der Waals surface area contributed by atoms with Gasteiger partial charge in [-0.25, -0.2) is 0 Å². The van der Waals surface area contributed by atoms with E-state index in [4.69, 9.17) is 14.2 Å². The number of benzene rings is 2. The average molecular weight is 429 g/mol. The largest absolute Gasteiger partial charge is 0.493 e. The number of alkyl halides is 3. The van der Waals surface area contributed by atoms with E-state index in [9.17, 15) is 13.2 Å². The number of rotatable bonds is 11. The smallest absolute Gasteiger partial charge is 0.416 e. The molecule has 29 heavy (non-hydrogen) atoms. The zero-order valence-corrected chi connectivity index (χ0v) is 17.7. The second-order valence-corrected chi connectivity index (χ2v) is 7.59. The highest BCUT2D eigenvalue weighted by Gasteiger charge is 2.30. The van der Waals surface area contributed by atoms with E-state index >= 15 is 0 Å². The van der Waals surface area contributed by atoms with Crippen molar-refractivity contribution < 1.29 is 27.4 Å². The molecule has 0 radical (unpaired) electrons. The molecular formula is C22H27F3O3S. The van der Waals surface area contributed by atoms with Crippen LogP contribution in [0.1, 0.15) is 31.4 Å². The molecule has 2 aromatic rings. The van der Waals surface area contributed by atoms with Crippen LogP contribution in [0, 0.1) is 6.92 Å². The van der Waals surface area contributed by atoms with Gasteiger partial charge in [0.1, 0.15) is 24.2 Å². The second-order valence-electron chi connectivity index (χ2n) is 6.50. The first-order valence-electron chi connectivity index (χ1n) is 9.61. The predicted molar refractivity (Wildman–Crippen MR) is 110 cm³/mol. The molecule has 0 fully saturated rings. The number of thioether (sulfide) groups is 1. The lowest BCUT2D eigenvalue weighted by molar-refractivity contribution is -0.137. The topological polar surface area (TPSA) is 27.7 Å². The molecule has 1 atom stereocenters. The second kappa shape index (κ2) is 11.4. The summed E-state index contributed by atoms with van der Waals surface area (Å²) in [5.74, 6) is 1.95. The van der Waals surface area contributed by atoms with Gasteiger partial charge in [0.15, 0.2) is 0 Å². The summed E-state index contributed by atoms with van der Waals surface area (Å²) < 4.78 is 55.0. The Hall–Kier alpha value is -1.86. The van der Waals surface area contributed by atoms with E-state index in [1.54, 1.807) is 11.8 Å². The summed E-state index contributed by atoms with van der Waals surface area (Å²) >= 11 is 1.65. The normalized spacial score (nSPS) is 12.6. The molecule has 0 bridgehead atoms. The first-order valence-corrected chi connectivity index (χ1v) is 10.6. The van der Waals surface area contributed by atoms with Crippen molar-refractivity contribution in [3.8, 4) is 11.5 Å². The summed E-state index contributed by atoms with van der Waals surface area (Å²) in [6.45, 7) is 7.48. The molecule has 3 nitrogen and oxygen atoms in total. The van der Waals surface area contributed by atoms with Gasteiger partial charge in [-0.2, -0.15) is 13.2 Å². The van der Waals surface area contributed by atoms with Crippen molar-refractivity contribution in [1.82, 2.24) is 0 Å². The van der Waals surface area contributed by atoms with E-state index in [0.29, 0.717) is 24.7 Å². The van der Waals surface area contributed by atoms with Crippen LogP contribution in [0.4, 0.5) is 13.2 Å². The third-order valence-electron chi connectivity index (χ3n) is 4.06. The van der Waals surface area contributed by atoms with Crippen molar-refractivity contribution in [3.63, 3.8) is 0 Å². The SMILES string of the molecule is CCCOc1ccc(SCC(COc2ccc(C(F)(F)F)cc2)OCC)cc1C. The van der Waals surface area contributed by atoms with Crippen LogP contribution in [0.15, 0.2) is 47.4 Å². The van der Waals surface area contributed by atoms with Crippen molar-refractivity contribution in [2.75, 3.05) is 25.6 Å². The summed E-state index contributed by atoms with van der Waals surface area (Å²) in [6, 6.07) is 10.8. The Morgan fingerprint density at radius 3 is 2.31 bits per heavy atom. The van der Waals surface area contributed by atoms with Crippen LogP contribution >= 0.6 is 11.8 Å². The van der Waals surface area contributed by atoms with Crippen LogP contribution in [-0.4, -0.2) is 31.7 Å². The Morgan fingerprint density at radius 2 is 1.72 bits per heavy atom. The van der Waals surface area contributed by atoms with Gasteiger partial charge < -0.3 is 14.2 Å².